The van der Waals surface area contributed by atoms with Crippen molar-refractivity contribution in [3.05, 3.63) is 50.5 Å². The van der Waals surface area contributed by atoms with Crippen molar-refractivity contribution in [1.82, 2.24) is 9.97 Å². The Bertz CT molecular complexity index is 799. The molecule has 1 fully saturated rings. The summed E-state index contributed by atoms with van der Waals surface area (Å²) in [6, 6.07) is 8.37. The van der Waals surface area contributed by atoms with Crippen molar-refractivity contribution >= 4 is 12.2 Å². The second-order valence-electron chi connectivity index (χ2n) is 6.21. The van der Waals surface area contributed by atoms with Crippen molar-refractivity contribution in [3.8, 4) is 11.3 Å². The van der Waals surface area contributed by atoms with Crippen LogP contribution < -0.4 is 5.56 Å². The molecule has 0 radical (unpaired) electrons. The SMILES string of the molecule is O=c1[nH]c(=S)[nH]c2c1C(C1CCCC1)Cc1ccccc1-2. The van der Waals surface area contributed by atoms with E-state index in [0.29, 0.717) is 16.6 Å². The lowest BCUT2D eigenvalue weighted by atomic mass is 9.74. The van der Waals surface area contributed by atoms with Crippen LogP contribution in [0.4, 0.5) is 0 Å². The van der Waals surface area contributed by atoms with Gasteiger partial charge in [-0.05, 0) is 48.9 Å². The summed E-state index contributed by atoms with van der Waals surface area (Å²) in [6.07, 6.45) is 6.03. The van der Waals surface area contributed by atoms with Crippen LogP contribution in [0.5, 0.6) is 0 Å². The summed E-state index contributed by atoms with van der Waals surface area (Å²) in [4.78, 5) is 18.5. The Morgan fingerprint density at radius 1 is 1.10 bits per heavy atom. The Kier molecular flexibility index (Phi) is 3.07. The summed E-state index contributed by atoms with van der Waals surface area (Å²) in [7, 11) is 0. The second-order valence-corrected chi connectivity index (χ2v) is 6.62. The first kappa shape index (κ1) is 13.0. The Hall–Kier alpha value is -1.68. The zero-order valence-electron chi connectivity index (χ0n) is 11.8. The highest BCUT2D eigenvalue weighted by atomic mass is 32.1. The number of aromatic nitrogens is 2. The fraction of sp³-hybridized carbons (Fsp3) is 0.412. The number of aromatic amines is 2. The first-order valence-electron chi connectivity index (χ1n) is 7.69. The van der Waals surface area contributed by atoms with Crippen molar-refractivity contribution in [2.45, 2.75) is 38.0 Å². The van der Waals surface area contributed by atoms with Crippen LogP contribution in [0.3, 0.4) is 0 Å². The van der Waals surface area contributed by atoms with Crippen molar-refractivity contribution in [2.75, 3.05) is 0 Å². The minimum absolute atomic E-state index is 0.000142. The number of benzene rings is 1. The van der Waals surface area contributed by atoms with Gasteiger partial charge in [0, 0.05) is 11.1 Å². The van der Waals surface area contributed by atoms with Gasteiger partial charge in [0.15, 0.2) is 4.77 Å². The standard InChI is InChI=1S/C17H18N2OS/c20-16-14-13(10-5-1-2-6-10)9-11-7-3-4-8-12(11)15(14)18-17(21)19-16/h3-4,7-8,10,13H,1-2,5-6,9H2,(H2,18,19,20,21). The highest BCUT2D eigenvalue weighted by Gasteiger charge is 2.34. The van der Waals surface area contributed by atoms with Crippen LogP contribution in [0.15, 0.2) is 29.1 Å². The minimum Gasteiger partial charge on any atom is -0.331 e. The zero-order valence-corrected chi connectivity index (χ0v) is 12.6. The molecule has 2 N–H and O–H groups in total. The maximum Gasteiger partial charge on any atom is 0.255 e. The van der Waals surface area contributed by atoms with Crippen molar-refractivity contribution in [1.29, 1.82) is 0 Å². The maximum absolute atomic E-state index is 12.5. The van der Waals surface area contributed by atoms with Gasteiger partial charge in [0.1, 0.15) is 0 Å². The first-order chi connectivity index (χ1) is 10.2. The van der Waals surface area contributed by atoms with Crippen LogP contribution in [0.2, 0.25) is 0 Å². The summed E-state index contributed by atoms with van der Waals surface area (Å²) in [5, 5.41) is 0. The second kappa shape index (κ2) is 4.95. The molecule has 1 saturated carbocycles. The largest absolute Gasteiger partial charge is 0.331 e. The quantitative estimate of drug-likeness (QED) is 0.784. The minimum atomic E-state index is 0.000142. The predicted octanol–water partition coefficient (Wildman–Crippen LogP) is 3.93. The van der Waals surface area contributed by atoms with Crippen LogP contribution in [-0.4, -0.2) is 9.97 Å². The number of nitrogens with one attached hydrogen (secondary N) is 2. The Morgan fingerprint density at radius 3 is 2.67 bits per heavy atom. The van der Waals surface area contributed by atoms with Gasteiger partial charge in [-0.3, -0.25) is 9.78 Å². The van der Waals surface area contributed by atoms with E-state index in [0.717, 1.165) is 23.2 Å². The molecule has 4 rings (SSSR count). The monoisotopic (exact) mass is 298 g/mol. The highest BCUT2D eigenvalue weighted by Crippen LogP contribution is 2.45. The molecule has 1 aromatic carbocycles. The van der Waals surface area contributed by atoms with Crippen molar-refractivity contribution in [2.24, 2.45) is 5.92 Å². The average molecular weight is 298 g/mol. The molecule has 0 bridgehead atoms. The molecule has 21 heavy (non-hydrogen) atoms. The van der Waals surface area contributed by atoms with E-state index in [4.69, 9.17) is 12.2 Å². The normalized spacial score (nSPS) is 21.0. The third kappa shape index (κ3) is 2.09. The van der Waals surface area contributed by atoms with Gasteiger partial charge in [0.2, 0.25) is 0 Å². The van der Waals surface area contributed by atoms with Crippen LogP contribution >= 0.6 is 12.2 Å². The topological polar surface area (TPSA) is 48.6 Å². The van der Waals surface area contributed by atoms with Crippen LogP contribution in [0.1, 0.15) is 42.7 Å². The molecule has 0 saturated heterocycles. The average Bonchev–Trinajstić information content (AvgIpc) is 3.00. The highest BCUT2D eigenvalue weighted by molar-refractivity contribution is 7.71. The van der Waals surface area contributed by atoms with Gasteiger partial charge >= 0.3 is 0 Å². The Balaban J connectivity index is 1.97. The number of fused-ring (bicyclic) bond motifs is 3. The molecular weight excluding hydrogens is 280 g/mol. The van der Waals surface area contributed by atoms with Crippen molar-refractivity contribution in [3.63, 3.8) is 0 Å². The van der Waals surface area contributed by atoms with Crippen molar-refractivity contribution < 1.29 is 0 Å². The zero-order chi connectivity index (χ0) is 14.4. The number of hydrogen-bond donors (Lipinski definition) is 2. The molecule has 4 heteroatoms. The molecule has 1 heterocycles. The van der Waals surface area contributed by atoms with Gasteiger partial charge in [0.05, 0.1) is 5.69 Å². The third-order valence-corrected chi connectivity index (χ3v) is 5.25. The molecule has 2 aliphatic rings. The number of rotatable bonds is 1. The molecular formula is C17H18N2OS. The van der Waals surface area contributed by atoms with E-state index in [1.807, 2.05) is 6.07 Å². The van der Waals surface area contributed by atoms with Gasteiger partial charge in [-0.2, -0.15) is 0 Å². The molecule has 1 unspecified atom stereocenters. The smallest absolute Gasteiger partial charge is 0.255 e. The number of hydrogen-bond acceptors (Lipinski definition) is 2. The molecule has 108 valence electrons. The summed E-state index contributed by atoms with van der Waals surface area (Å²) >= 11 is 5.18. The molecule has 1 atom stereocenters. The summed E-state index contributed by atoms with van der Waals surface area (Å²) in [5.74, 6) is 0.954. The molecule has 2 aliphatic carbocycles. The first-order valence-corrected chi connectivity index (χ1v) is 8.09. The van der Waals surface area contributed by atoms with E-state index in [1.165, 1.54) is 31.2 Å². The van der Waals surface area contributed by atoms with E-state index in [9.17, 15) is 4.79 Å². The number of H-pyrrole nitrogens is 2. The Labute approximate surface area is 128 Å². The molecule has 0 amide bonds. The van der Waals surface area contributed by atoms with E-state index in [-0.39, 0.29) is 5.56 Å². The fourth-order valence-electron chi connectivity index (χ4n) is 4.11. The summed E-state index contributed by atoms with van der Waals surface area (Å²) in [6.45, 7) is 0. The molecule has 2 aromatic rings. The van der Waals surface area contributed by atoms with Crippen LogP contribution in [0, 0.1) is 10.7 Å². The van der Waals surface area contributed by atoms with E-state index in [2.05, 4.69) is 28.2 Å². The van der Waals surface area contributed by atoms with Gasteiger partial charge in [-0.1, -0.05) is 37.1 Å². The van der Waals surface area contributed by atoms with Crippen LogP contribution in [0.25, 0.3) is 11.3 Å². The van der Waals surface area contributed by atoms with Gasteiger partial charge < -0.3 is 4.98 Å². The predicted molar refractivity (Wildman–Crippen MR) is 86.1 cm³/mol. The third-order valence-electron chi connectivity index (χ3n) is 5.05. The fourth-order valence-corrected chi connectivity index (χ4v) is 4.30. The van der Waals surface area contributed by atoms with E-state index < -0.39 is 0 Å². The maximum atomic E-state index is 12.5. The van der Waals surface area contributed by atoms with Gasteiger partial charge in [-0.25, -0.2) is 0 Å². The molecule has 0 spiro atoms. The lowest BCUT2D eigenvalue weighted by Crippen LogP contribution is -2.27. The lowest BCUT2D eigenvalue weighted by Gasteiger charge is -2.30. The van der Waals surface area contributed by atoms with E-state index >= 15 is 0 Å². The summed E-state index contributed by atoms with van der Waals surface area (Å²) < 4.78 is 0.417. The lowest BCUT2D eigenvalue weighted by molar-refractivity contribution is 0.424. The Morgan fingerprint density at radius 2 is 1.86 bits per heavy atom. The molecule has 1 aromatic heterocycles. The van der Waals surface area contributed by atoms with Crippen LogP contribution in [-0.2, 0) is 6.42 Å². The summed E-state index contributed by atoms with van der Waals surface area (Å²) in [5.41, 5.74) is 4.34. The van der Waals surface area contributed by atoms with E-state index in [1.54, 1.807) is 0 Å². The molecule has 3 nitrogen and oxygen atoms in total. The van der Waals surface area contributed by atoms with Gasteiger partial charge in [-0.15, -0.1) is 0 Å². The van der Waals surface area contributed by atoms with Gasteiger partial charge in [0.25, 0.3) is 5.56 Å². The molecule has 0 aliphatic heterocycles.